The summed E-state index contributed by atoms with van der Waals surface area (Å²) >= 11 is 1.13. The third-order valence-electron chi connectivity index (χ3n) is 4.34. The number of rotatable bonds is 6. The highest BCUT2D eigenvalue weighted by Crippen LogP contribution is 2.31. The molecule has 1 aromatic carbocycles. The molecule has 0 spiro atoms. The predicted octanol–water partition coefficient (Wildman–Crippen LogP) is 2.51. The molecule has 3 rings (SSSR count). The Morgan fingerprint density at radius 1 is 1.25 bits per heavy atom. The third kappa shape index (κ3) is 4.18. The van der Waals surface area contributed by atoms with Gasteiger partial charge in [0.2, 0.25) is 11.8 Å². The fourth-order valence-corrected chi connectivity index (χ4v) is 5.88. The molecule has 28 heavy (non-hydrogen) atoms. The fraction of sp³-hybridized carbons (Fsp3) is 0.333. The molecule has 1 aromatic heterocycles. The summed E-state index contributed by atoms with van der Waals surface area (Å²) in [4.78, 5) is 24.0. The van der Waals surface area contributed by atoms with E-state index < -0.39 is 22.0 Å². The smallest absolute Gasteiger partial charge is 0.253 e. The van der Waals surface area contributed by atoms with Gasteiger partial charge in [-0.2, -0.15) is 4.31 Å². The highest BCUT2D eigenvalue weighted by Gasteiger charge is 2.39. The minimum absolute atomic E-state index is 0.230. The van der Waals surface area contributed by atoms with Crippen LogP contribution in [0.2, 0.25) is 0 Å². The van der Waals surface area contributed by atoms with Gasteiger partial charge in [-0.3, -0.25) is 9.59 Å². The van der Waals surface area contributed by atoms with E-state index in [1.165, 1.54) is 18.3 Å². The number of hydrogen-bond acceptors (Lipinski definition) is 6. The summed E-state index contributed by atoms with van der Waals surface area (Å²) in [6.45, 7) is 1.70. The van der Waals surface area contributed by atoms with E-state index in [1.807, 2.05) is 0 Å². The molecule has 1 fully saturated rings. The van der Waals surface area contributed by atoms with Crippen molar-refractivity contribution in [3.05, 3.63) is 35.7 Å². The van der Waals surface area contributed by atoms with E-state index in [2.05, 4.69) is 10.6 Å². The van der Waals surface area contributed by atoms with E-state index in [1.54, 1.807) is 35.7 Å². The Morgan fingerprint density at radius 2 is 2.04 bits per heavy atom. The predicted molar refractivity (Wildman–Crippen MR) is 107 cm³/mol. The van der Waals surface area contributed by atoms with E-state index >= 15 is 0 Å². The molecule has 1 saturated heterocycles. The Kier molecular flexibility index (Phi) is 6.01. The molecule has 2 amide bonds. The van der Waals surface area contributed by atoms with Gasteiger partial charge in [0.15, 0.2) is 0 Å². The second-order valence-electron chi connectivity index (χ2n) is 6.29. The van der Waals surface area contributed by atoms with Crippen LogP contribution in [0.25, 0.3) is 0 Å². The van der Waals surface area contributed by atoms with Crippen molar-refractivity contribution in [3.63, 3.8) is 0 Å². The van der Waals surface area contributed by atoms with Crippen molar-refractivity contribution in [3.8, 4) is 5.75 Å². The first-order valence-electron chi connectivity index (χ1n) is 8.65. The van der Waals surface area contributed by atoms with Gasteiger partial charge in [0.05, 0.1) is 12.8 Å². The van der Waals surface area contributed by atoms with Gasteiger partial charge in [0.1, 0.15) is 16.0 Å². The van der Waals surface area contributed by atoms with Gasteiger partial charge < -0.3 is 15.4 Å². The van der Waals surface area contributed by atoms with Gasteiger partial charge in [-0.1, -0.05) is 6.07 Å². The molecule has 1 aliphatic heterocycles. The minimum atomic E-state index is -3.70. The van der Waals surface area contributed by atoms with E-state index in [0.717, 1.165) is 11.3 Å². The fourth-order valence-electron chi connectivity index (χ4n) is 3.10. The molecule has 2 heterocycles. The van der Waals surface area contributed by atoms with Crippen LogP contribution >= 0.6 is 11.3 Å². The number of ether oxygens (including phenoxy) is 1. The van der Waals surface area contributed by atoms with Crippen LogP contribution < -0.4 is 15.4 Å². The number of methoxy groups -OCH3 is 1. The molecule has 1 aliphatic rings. The van der Waals surface area contributed by atoms with E-state index in [4.69, 9.17) is 4.74 Å². The van der Waals surface area contributed by atoms with Crippen molar-refractivity contribution in [2.24, 2.45) is 0 Å². The zero-order valence-electron chi connectivity index (χ0n) is 15.5. The molecule has 150 valence electrons. The van der Waals surface area contributed by atoms with Crippen LogP contribution in [-0.4, -0.2) is 44.2 Å². The van der Waals surface area contributed by atoms with Crippen molar-refractivity contribution in [2.45, 2.75) is 30.0 Å². The number of nitrogens with zero attached hydrogens (tertiary/aromatic N) is 1. The van der Waals surface area contributed by atoms with Crippen molar-refractivity contribution < 1.29 is 22.7 Å². The summed E-state index contributed by atoms with van der Waals surface area (Å²) in [6.07, 6.45) is 1.07. The molecule has 8 nitrogen and oxygen atoms in total. The van der Waals surface area contributed by atoms with Gasteiger partial charge in [-0.25, -0.2) is 8.42 Å². The van der Waals surface area contributed by atoms with Crippen molar-refractivity contribution in [2.75, 3.05) is 24.3 Å². The largest absolute Gasteiger partial charge is 0.494 e. The lowest BCUT2D eigenvalue weighted by Gasteiger charge is -2.23. The molecule has 1 unspecified atom stereocenters. The molecule has 0 aliphatic carbocycles. The molecular formula is C18H21N3O5S2. The average Bonchev–Trinajstić information content (AvgIpc) is 3.34. The zero-order valence-corrected chi connectivity index (χ0v) is 17.1. The number of thiophene rings is 1. The zero-order chi connectivity index (χ0) is 20.3. The van der Waals surface area contributed by atoms with Gasteiger partial charge >= 0.3 is 0 Å². The summed E-state index contributed by atoms with van der Waals surface area (Å²) in [5.74, 6) is -0.245. The van der Waals surface area contributed by atoms with E-state index in [0.29, 0.717) is 36.5 Å². The minimum Gasteiger partial charge on any atom is -0.494 e. The number of sulfonamides is 1. The van der Waals surface area contributed by atoms with Crippen LogP contribution in [0, 0.1) is 0 Å². The lowest BCUT2D eigenvalue weighted by atomic mass is 10.2. The number of benzene rings is 1. The van der Waals surface area contributed by atoms with Crippen LogP contribution in [0.4, 0.5) is 11.4 Å². The van der Waals surface area contributed by atoms with Gasteiger partial charge in [0.25, 0.3) is 10.0 Å². The summed E-state index contributed by atoms with van der Waals surface area (Å²) in [5, 5.41) is 7.09. The maximum Gasteiger partial charge on any atom is 0.253 e. The topological polar surface area (TPSA) is 105 Å². The first-order chi connectivity index (χ1) is 13.3. The van der Waals surface area contributed by atoms with Crippen LogP contribution in [0.5, 0.6) is 5.75 Å². The van der Waals surface area contributed by atoms with Gasteiger partial charge in [-0.05, 0) is 36.4 Å². The molecule has 0 radical (unpaired) electrons. The highest BCUT2D eigenvalue weighted by molar-refractivity contribution is 7.91. The lowest BCUT2D eigenvalue weighted by Crippen LogP contribution is -2.42. The van der Waals surface area contributed by atoms with E-state index in [9.17, 15) is 18.0 Å². The Morgan fingerprint density at radius 3 is 2.68 bits per heavy atom. The summed E-state index contributed by atoms with van der Waals surface area (Å²) in [5.41, 5.74) is 0.937. The van der Waals surface area contributed by atoms with Crippen molar-refractivity contribution in [1.82, 2.24) is 4.31 Å². The number of nitrogens with one attached hydrogen (secondary N) is 2. The number of hydrogen-bond donors (Lipinski definition) is 2. The SMILES string of the molecule is COc1cc(NC(=O)C2CCCN2S(=O)(=O)c2cccs2)ccc1NC(C)=O. The van der Waals surface area contributed by atoms with Crippen molar-refractivity contribution >= 4 is 44.5 Å². The van der Waals surface area contributed by atoms with Crippen LogP contribution in [-0.2, 0) is 19.6 Å². The standard InChI is InChI=1S/C18H21N3O5S2/c1-12(22)19-14-8-7-13(11-16(14)26-2)20-18(23)15-5-3-9-21(15)28(24,25)17-6-4-10-27-17/h4,6-8,10-11,15H,3,5,9H2,1-2H3,(H,19,22)(H,20,23). The second-order valence-corrected chi connectivity index (χ2v) is 9.36. The number of carbonyl (C=O) groups excluding carboxylic acids is 2. The average molecular weight is 424 g/mol. The highest BCUT2D eigenvalue weighted by atomic mass is 32.2. The first kappa shape index (κ1) is 20.3. The summed E-state index contributed by atoms with van der Waals surface area (Å²) in [7, 11) is -2.24. The monoisotopic (exact) mass is 423 g/mol. The Bertz CT molecular complexity index is 973. The maximum atomic E-state index is 12.8. The summed E-state index contributed by atoms with van der Waals surface area (Å²) in [6, 6.07) is 7.26. The maximum absolute atomic E-state index is 12.8. The number of anilines is 2. The van der Waals surface area contributed by atoms with Crippen LogP contribution in [0.1, 0.15) is 19.8 Å². The molecule has 0 saturated carbocycles. The number of carbonyl (C=O) groups is 2. The van der Waals surface area contributed by atoms with E-state index in [-0.39, 0.29) is 10.1 Å². The van der Waals surface area contributed by atoms with Crippen LogP contribution in [0.15, 0.2) is 39.9 Å². The molecule has 0 bridgehead atoms. The second kappa shape index (κ2) is 8.29. The van der Waals surface area contributed by atoms with Gasteiger partial charge in [-0.15, -0.1) is 11.3 Å². The quantitative estimate of drug-likeness (QED) is 0.743. The molecule has 10 heteroatoms. The lowest BCUT2D eigenvalue weighted by molar-refractivity contribution is -0.119. The normalized spacial score (nSPS) is 17.3. The van der Waals surface area contributed by atoms with Crippen molar-refractivity contribution in [1.29, 1.82) is 0 Å². The first-order valence-corrected chi connectivity index (χ1v) is 11.0. The molecule has 1 atom stereocenters. The third-order valence-corrected chi connectivity index (χ3v) is 7.63. The Hall–Kier alpha value is -2.43. The van der Waals surface area contributed by atoms with Crippen LogP contribution in [0.3, 0.4) is 0 Å². The Labute approximate surface area is 167 Å². The Balaban J connectivity index is 1.78. The number of amides is 2. The van der Waals surface area contributed by atoms with Gasteiger partial charge in [0, 0.05) is 25.2 Å². The molecule has 2 N–H and O–H groups in total. The molecule has 2 aromatic rings. The molecular weight excluding hydrogens is 402 g/mol. The summed E-state index contributed by atoms with van der Waals surface area (Å²) < 4.78 is 32.4.